The van der Waals surface area contributed by atoms with E-state index in [1.54, 1.807) is 0 Å². The van der Waals surface area contributed by atoms with Crippen LogP contribution >= 0.6 is 0 Å². The van der Waals surface area contributed by atoms with Crippen LogP contribution in [0.5, 0.6) is 0 Å². The molecule has 76 valence electrons. The maximum Gasteiger partial charge on any atom is 0.319 e. The van der Waals surface area contributed by atoms with Crippen LogP contribution in [0, 0.1) is 5.92 Å². The Hall–Kier alpha value is -0.830. The van der Waals surface area contributed by atoms with Crippen LogP contribution in [0.3, 0.4) is 0 Å². The highest BCUT2D eigenvalue weighted by molar-refractivity contribution is 5.71. The van der Waals surface area contributed by atoms with Crippen LogP contribution in [0.1, 0.15) is 20.8 Å². The van der Waals surface area contributed by atoms with E-state index in [0.29, 0.717) is 5.92 Å². The minimum atomic E-state index is -0.256. The highest BCUT2D eigenvalue weighted by Crippen LogP contribution is 2.16. The fraction of sp³-hybridized carbons (Fsp3) is 0.700. The Morgan fingerprint density at radius 2 is 2.23 bits per heavy atom. The molecule has 0 unspecified atom stereocenters. The first-order chi connectivity index (χ1) is 5.96. The number of nitrogens with one attached hydrogen (secondary N) is 1. The maximum atomic E-state index is 10.9. The average molecular weight is 185 g/mol. The molecule has 0 aromatic heterocycles. The molecular weight excluding hydrogens is 166 g/mol. The average Bonchev–Trinajstić information content (AvgIpc) is 2.13. The molecule has 0 rings (SSSR count). The molecule has 3 heteroatoms. The molecular formula is C10H19NO2. The van der Waals surface area contributed by atoms with Gasteiger partial charge in [-0.3, -0.25) is 10.1 Å². The molecule has 0 aliphatic rings. The van der Waals surface area contributed by atoms with Crippen molar-refractivity contribution in [2.45, 2.75) is 26.3 Å². The Morgan fingerprint density at radius 3 is 2.54 bits per heavy atom. The second-order valence-electron chi connectivity index (χ2n) is 3.57. The van der Waals surface area contributed by atoms with Gasteiger partial charge in [0.1, 0.15) is 0 Å². The molecule has 0 aromatic rings. The smallest absolute Gasteiger partial charge is 0.319 e. The number of hydrogen-bond acceptors (Lipinski definition) is 3. The number of rotatable bonds is 5. The normalized spacial score (nSPS) is 15.2. The first kappa shape index (κ1) is 12.2. The minimum absolute atomic E-state index is 0.214. The van der Waals surface area contributed by atoms with Crippen molar-refractivity contribution in [3.05, 3.63) is 12.7 Å². The molecule has 0 saturated carbocycles. The fourth-order valence-electron chi connectivity index (χ4n) is 0.847. The van der Waals surface area contributed by atoms with Crippen LogP contribution in [0.2, 0.25) is 0 Å². The second-order valence-corrected chi connectivity index (χ2v) is 3.57. The standard InChI is InChI=1S/C10H19NO2/c1-6-10(4,8(2)3)11-7-9(12)13-5/h6,8,11H,1,7H2,2-5H3/t10-/m1/s1. The molecule has 0 aromatic carbocycles. The van der Waals surface area contributed by atoms with Crippen LogP contribution in [-0.4, -0.2) is 25.2 Å². The Balaban J connectivity index is 4.13. The lowest BCUT2D eigenvalue weighted by Gasteiger charge is -2.31. The van der Waals surface area contributed by atoms with Gasteiger partial charge in [-0.25, -0.2) is 0 Å². The SMILES string of the molecule is C=C[C@@](C)(NCC(=O)OC)C(C)C. The molecule has 0 heterocycles. The summed E-state index contributed by atoms with van der Waals surface area (Å²) in [6, 6.07) is 0. The van der Waals surface area contributed by atoms with Gasteiger partial charge in [-0.15, -0.1) is 6.58 Å². The van der Waals surface area contributed by atoms with E-state index in [2.05, 4.69) is 30.5 Å². The largest absolute Gasteiger partial charge is 0.468 e. The van der Waals surface area contributed by atoms with E-state index in [9.17, 15) is 4.79 Å². The monoisotopic (exact) mass is 185 g/mol. The van der Waals surface area contributed by atoms with Crippen LogP contribution in [0.15, 0.2) is 12.7 Å². The van der Waals surface area contributed by atoms with Gasteiger partial charge in [0.15, 0.2) is 0 Å². The Labute approximate surface area is 80.2 Å². The minimum Gasteiger partial charge on any atom is -0.468 e. The van der Waals surface area contributed by atoms with Gasteiger partial charge in [0.25, 0.3) is 0 Å². The predicted molar refractivity (Wildman–Crippen MR) is 53.5 cm³/mol. The van der Waals surface area contributed by atoms with E-state index in [1.165, 1.54) is 7.11 Å². The van der Waals surface area contributed by atoms with Gasteiger partial charge in [0.2, 0.25) is 0 Å². The van der Waals surface area contributed by atoms with E-state index in [-0.39, 0.29) is 18.1 Å². The second kappa shape index (κ2) is 5.02. The van der Waals surface area contributed by atoms with Crippen molar-refractivity contribution in [1.29, 1.82) is 0 Å². The number of methoxy groups -OCH3 is 1. The predicted octanol–water partition coefficient (Wildman–Crippen LogP) is 1.35. The van der Waals surface area contributed by atoms with Crippen molar-refractivity contribution in [3.8, 4) is 0 Å². The van der Waals surface area contributed by atoms with Crippen molar-refractivity contribution in [3.63, 3.8) is 0 Å². The molecule has 0 radical (unpaired) electrons. The zero-order valence-electron chi connectivity index (χ0n) is 8.89. The van der Waals surface area contributed by atoms with Gasteiger partial charge in [-0.1, -0.05) is 19.9 Å². The van der Waals surface area contributed by atoms with Crippen LogP contribution < -0.4 is 5.32 Å². The quantitative estimate of drug-likeness (QED) is 0.519. The van der Waals surface area contributed by atoms with Crippen molar-refractivity contribution in [1.82, 2.24) is 5.32 Å². The van der Waals surface area contributed by atoms with Crippen LogP contribution in [0.25, 0.3) is 0 Å². The summed E-state index contributed by atoms with van der Waals surface area (Å²) in [5.41, 5.74) is -0.214. The van der Waals surface area contributed by atoms with Gasteiger partial charge >= 0.3 is 5.97 Å². The molecule has 0 bridgehead atoms. The van der Waals surface area contributed by atoms with E-state index in [4.69, 9.17) is 0 Å². The van der Waals surface area contributed by atoms with Crippen LogP contribution in [-0.2, 0) is 9.53 Å². The van der Waals surface area contributed by atoms with E-state index < -0.39 is 0 Å². The summed E-state index contributed by atoms with van der Waals surface area (Å²) in [5, 5.41) is 3.10. The third-order valence-corrected chi connectivity index (χ3v) is 2.46. The number of carbonyl (C=O) groups excluding carboxylic acids is 1. The summed E-state index contributed by atoms with van der Waals surface area (Å²) in [6.45, 7) is 10.1. The Morgan fingerprint density at radius 1 is 1.69 bits per heavy atom. The molecule has 0 fully saturated rings. The molecule has 1 N–H and O–H groups in total. The number of carbonyl (C=O) groups is 1. The van der Waals surface area contributed by atoms with Gasteiger partial charge < -0.3 is 4.74 Å². The summed E-state index contributed by atoms with van der Waals surface area (Å²) in [5.74, 6) is 0.128. The molecule has 0 aliphatic heterocycles. The van der Waals surface area contributed by atoms with Gasteiger partial charge in [0.05, 0.1) is 13.7 Å². The lowest BCUT2D eigenvalue weighted by molar-refractivity contribution is -0.139. The maximum absolute atomic E-state index is 10.9. The van der Waals surface area contributed by atoms with Gasteiger partial charge in [0, 0.05) is 5.54 Å². The highest BCUT2D eigenvalue weighted by Gasteiger charge is 2.24. The zero-order chi connectivity index (χ0) is 10.5. The molecule has 0 amide bonds. The molecule has 0 saturated heterocycles. The summed E-state index contributed by atoms with van der Waals surface area (Å²) < 4.78 is 4.53. The summed E-state index contributed by atoms with van der Waals surface area (Å²) >= 11 is 0. The van der Waals surface area contributed by atoms with E-state index in [0.717, 1.165) is 0 Å². The first-order valence-electron chi connectivity index (χ1n) is 4.41. The third kappa shape index (κ3) is 3.59. The zero-order valence-corrected chi connectivity index (χ0v) is 8.89. The van der Waals surface area contributed by atoms with Crippen molar-refractivity contribution in [2.75, 3.05) is 13.7 Å². The topological polar surface area (TPSA) is 38.3 Å². The summed E-state index contributed by atoms with van der Waals surface area (Å²) in [4.78, 5) is 10.9. The fourth-order valence-corrected chi connectivity index (χ4v) is 0.847. The van der Waals surface area contributed by atoms with E-state index in [1.807, 2.05) is 13.0 Å². The molecule has 1 atom stereocenters. The van der Waals surface area contributed by atoms with Crippen LogP contribution in [0.4, 0.5) is 0 Å². The van der Waals surface area contributed by atoms with Gasteiger partial charge in [-0.05, 0) is 12.8 Å². The van der Waals surface area contributed by atoms with Crippen molar-refractivity contribution >= 4 is 5.97 Å². The lowest BCUT2D eigenvalue weighted by atomic mass is 9.89. The molecule has 3 nitrogen and oxygen atoms in total. The van der Waals surface area contributed by atoms with Crippen molar-refractivity contribution < 1.29 is 9.53 Å². The third-order valence-electron chi connectivity index (χ3n) is 2.46. The molecule has 0 aliphatic carbocycles. The van der Waals surface area contributed by atoms with Crippen molar-refractivity contribution in [2.24, 2.45) is 5.92 Å². The Bertz CT molecular complexity index is 189. The van der Waals surface area contributed by atoms with Gasteiger partial charge in [-0.2, -0.15) is 0 Å². The molecule has 0 spiro atoms. The number of hydrogen-bond donors (Lipinski definition) is 1. The number of ether oxygens (including phenoxy) is 1. The lowest BCUT2D eigenvalue weighted by Crippen LogP contribution is -2.47. The number of esters is 1. The molecule has 13 heavy (non-hydrogen) atoms. The Kier molecular flexibility index (Phi) is 4.70. The summed E-state index contributed by atoms with van der Waals surface area (Å²) in [7, 11) is 1.38. The van der Waals surface area contributed by atoms with E-state index >= 15 is 0 Å². The summed E-state index contributed by atoms with van der Waals surface area (Å²) in [6.07, 6.45) is 1.82. The first-order valence-corrected chi connectivity index (χ1v) is 4.41. The highest BCUT2D eigenvalue weighted by atomic mass is 16.5.